The molecule has 0 aliphatic heterocycles. The molecule has 0 bridgehead atoms. The van der Waals surface area contributed by atoms with Gasteiger partial charge in [0.1, 0.15) is 5.69 Å². The van der Waals surface area contributed by atoms with Gasteiger partial charge in [-0.25, -0.2) is 0 Å². The Morgan fingerprint density at radius 2 is 2.06 bits per heavy atom. The van der Waals surface area contributed by atoms with Crippen molar-refractivity contribution in [3.05, 3.63) is 44.8 Å². The van der Waals surface area contributed by atoms with Gasteiger partial charge in [-0.15, -0.1) is 0 Å². The molecule has 94 valence electrons. The van der Waals surface area contributed by atoms with E-state index in [0.717, 1.165) is 15.0 Å². The third kappa shape index (κ3) is 2.72. The monoisotopic (exact) mass is 355 g/mol. The molecule has 2 aromatic rings. The van der Waals surface area contributed by atoms with Gasteiger partial charge in [-0.05, 0) is 60.2 Å². The van der Waals surface area contributed by atoms with Crippen LogP contribution in [0.2, 0.25) is 0 Å². The Morgan fingerprint density at radius 3 is 2.61 bits per heavy atom. The summed E-state index contributed by atoms with van der Waals surface area (Å²) >= 11 is 2.25. The number of nitrogens with one attached hydrogen (secondary N) is 1. The van der Waals surface area contributed by atoms with Gasteiger partial charge in [0, 0.05) is 16.3 Å². The molecule has 1 N–H and O–H groups in total. The smallest absolute Gasteiger partial charge is 0.273 e. The number of hydrogen-bond donors (Lipinski definition) is 1. The molecular formula is C13H14IN3O. The van der Waals surface area contributed by atoms with E-state index in [-0.39, 0.29) is 5.91 Å². The van der Waals surface area contributed by atoms with Crippen LogP contribution in [0.3, 0.4) is 0 Å². The van der Waals surface area contributed by atoms with Crippen LogP contribution in [-0.2, 0) is 7.05 Å². The second kappa shape index (κ2) is 5.09. The first-order valence-electron chi connectivity index (χ1n) is 5.55. The van der Waals surface area contributed by atoms with Crippen molar-refractivity contribution in [2.75, 3.05) is 5.32 Å². The molecule has 0 saturated heterocycles. The Bertz CT molecular complexity index is 604. The van der Waals surface area contributed by atoms with Crippen molar-refractivity contribution in [2.45, 2.75) is 13.8 Å². The van der Waals surface area contributed by atoms with E-state index in [4.69, 9.17) is 0 Å². The van der Waals surface area contributed by atoms with E-state index >= 15 is 0 Å². The van der Waals surface area contributed by atoms with Crippen LogP contribution in [0, 0.1) is 17.4 Å². The van der Waals surface area contributed by atoms with E-state index in [1.165, 1.54) is 5.56 Å². The van der Waals surface area contributed by atoms with Crippen molar-refractivity contribution in [3.8, 4) is 0 Å². The SMILES string of the molecule is Cc1cc(C(=O)Nc2ccc(C)c(I)c2)n(C)n1. The summed E-state index contributed by atoms with van der Waals surface area (Å²) in [5, 5.41) is 7.04. The molecule has 0 fully saturated rings. The highest BCUT2D eigenvalue weighted by Gasteiger charge is 2.12. The van der Waals surface area contributed by atoms with Crippen molar-refractivity contribution in [1.29, 1.82) is 0 Å². The van der Waals surface area contributed by atoms with Crippen LogP contribution < -0.4 is 5.32 Å². The number of benzene rings is 1. The summed E-state index contributed by atoms with van der Waals surface area (Å²) < 4.78 is 2.72. The highest BCUT2D eigenvalue weighted by Crippen LogP contribution is 2.17. The topological polar surface area (TPSA) is 46.9 Å². The molecule has 0 spiro atoms. The molecule has 0 saturated carbocycles. The third-order valence-electron chi connectivity index (χ3n) is 2.66. The first-order chi connectivity index (χ1) is 8.47. The Balaban J connectivity index is 2.21. The quantitative estimate of drug-likeness (QED) is 0.843. The minimum Gasteiger partial charge on any atom is -0.321 e. The molecule has 1 aromatic heterocycles. The second-order valence-corrected chi connectivity index (χ2v) is 5.37. The molecule has 18 heavy (non-hydrogen) atoms. The Labute approximate surface area is 120 Å². The molecular weight excluding hydrogens is 341 g/mol. The highest BCUT2D eigenvalue weighted by molar-refractivity contribution is 14.1. The molecule has 1 aromatic carbocycles. The predicted molar refractivity (Wildman–Crippen MR) is 79.8 cm³/mol. The van der Waals surface area contributed by atoms with Crippen LogP contribution in [0.4, 0.5) is 5.69 Å². The first-order valence-corrected chi connectivity index (χ1v) is 6.63. The third-order valence-corrected chi connectivity index (χ3v) is 3.83. The molecule has 0 aliphatic carbocycles. The standard InChI is InChI=1S/C13H14IN3O/c1-8-4-5-10(7-11(8)14)15-13(18)12-6-9(2)16-17(12)3/h4-7H,1-3H3,(H,15,18). The maximum Gasteiger partial charge on any atom is 0.273 e. The van der Waals surface area contributed by atoms with Gasteiger partial charge in [0.05, 0.1) is 5.69 Å². The van der Waals surface area contributed by atoms with Gasteiger partial charge in [0.2, 0.25) is 0 Å². The van der Waals surface area contributed by atoms with E-state index < -0.39 is 0 Å². The summed E-state index contributed by atoms with van der Waals surface area (Å²) in [5.74, 6) is -0.141. The zero-order valence-electron chi connectivity index (χ0n) is 10.5. The lowest BCUT2D eigenvalue weighted by molar-refractivity contribution is 0.101. The average molecular weight is 355 g/mol. The van der Waals surface area contributed by atoms with Crippen molar-refractivity contribution in [3.63, 3.8) is 0 Å². The van der Waals surface area contributed by atoms with Crippen LogP contribution in [-0.4, -0.2) is 15.7 Å². The van der Waals surface area contributed by atoms with Gasteiger partial charge < -0.3 is 5.32 Å². The molecule has 1 amide bonds. The Hall–Kier alpha value is -1.37. The van der Waals surface area contributed by atoms with Gasteiger partial charge in [-0.3, -0.25) is 9.48 Å². The fourth-order valence-electron chi connectivity index (χ4n) is 1.69. The van der Waals surface area contributed by atoms with Gasteiger partial charge in [0.15, 0.2) is 0 Å². The number of carbonyl (C=O) groups is 1. The minimum atomic E-state index is -0.141. The molecule has 1 heterocycles. The number of aryl methyl sites for hydroxylation is 3. The number of carbonyl (C=O) groups excluding carboxylic acids is 1. The van der Waals surface area contributed by atoms with Crippen molar-refractivity contribution in [1.82, 2.24) is 9.78 Å². The van der Waals surface area contributed by atoms with Crippen LogP contribution >= 0.6 is 22.6 Å². The lowest BCUT2D eigenvalue weighted by Gasteiger charge is -2.07. The summed E-state index contributed by atoms with van der Waals surface area (Å²) in [6.45, 7) is 3.91. The van der Waals surface area contributed by atoms with Crippen LogP contribution in [0.5, 0.6) is 0 Å². The summed E-state index contributed by atoms with van der Waals surface area (Å²) in [5.41, 5.74) is 3.39. The number of nitrogens with zero attached hydrogens (tertiary/aromatic N) is 2. The van der Waals surface area contributed by atoms with E-state index in [2.05, 4.69) is 33.0 Å². The van der Waals surface area contributed by atoms with Crippen LogP contribution in [0.15, 0.2) is 24.3 Å². The second-order valence-electron chi connectivity index (χ2n) is 4.21. The zero-order chi connectivity index (χ0) is 13.3. The minimum absolute atomic E-state index is 0.141. The summed E-state index contributed by atoms with van der Waals surface area (Å²) in [6.07, 6.45) is 0. The Kier molecular flexibility index (Phi) is 3.70. The number of anilines is 1. The number of amides is 1. The van der Waals surface area contributed by atoms with Crippen molar-refractivity contribution in [2.24, 2.45) is 7.05 Å². The normalized spacial score (nSPS) is 10.4. The first kappa shape index (κ1) is 13.1. The number of halogens is 1. The average Bonchev–Trinajstić information content (AvgIpc) is 2.63. The zero-order valence-corrected chi connectivity index (χ0v) is 12.6. The fraction of sp³-hybridized carbons (Fsp3) is 0.231. The lowest BCUT2D eigenvalue weighted by Crippen LogP contribution is -2.16. The van der Waals surface area contributed by atoms with Gasteiger partial charge in [-0.2, -0.15) is 5.10 Å². The van der Waals surface area contributed by atoms with Gasteiger partial charge in [0.25, 0.3) is 5.91 Å². The Morgan fingerprint density at radius 1 is 1.33 bits per heavy atom. The molecule has 0 aliphatic rings. The summed E-state index contributed by atoms with van der Waals surface area (Å²) in [4.78, 5) is 12.1. The maximum atomic E-state index is 12.1. The largest absolute Gasteiger partial charge is 0.321 e. The summed E-state index contributed by atoms with van der Waals surface area (Å²) in [6, 6.07) is 7.62. The maximum absolute atomic E-state index is 12.1. The predicted octanol–water partition coefficient (Wildman–Crippen LogP) is 2.89. The number of rotatable bonds is 2. The molecule has 0 atom stereocenters. The van der Waals surface area contributed by atoms with E-state index in [0.29, 0.717) is 5.69 Å². The molecule has 0 unspecified atom stereocenters. The van der Waals surface area contributed by atoms with E-state index in [1.54, 1.807) is 17.8 Å². The molecule has 2 rings (SSSR count). The van der Waals surface area contributed by atoms with Gasteiger partial charge in [-0.1, -0.05) is 6.07 Å². The van der Waals surface area contributed by atoms with E-state index in [9.17, 15) is 4.79 Å². The van der Waals surface area contributed by atoms with Crippen molar-refractivity contribution >= 4 is 34.2 Å². The summed E-state index contributed by atoms with van der Waals surface area (Å²) in [7, 11) is 1.76. The molecule has 0 radical (unpaired) electrons. The lowest BCUT2D eigenvalue weighted by atomic mass is 10.2. The number of aromatic nitrogens is 2. The number of hydrogen-bond acceptors (Lipinski definition) is 2. The molecule has 4 nitrogen and oxygen atoms in total. The van der Waals surface area contributed by atoms with Crippen LogP contribution in [0.25, 0.3) is 0 Å². The van der Waals surface area contributed by atoms with Crippen molar-refractivity contribution < 1.29 is 4.79 Å². The van der Waals surface area contributed by atoms with Gasteiger partial charge >= 0.3 is 0 Å². The molecule has 5 heteroatoms. The highest BCUT2D eigenvalue weighted by atomic mass is 127. The van der Waals surface area contributed by atoms with E-state index in [1.807, 2.05) is 32.0 Å². The van der Waals surface area contributed by atoms with Crippen LogP contribution in [0.1, 0.15) is 21.7 Å². The fourth-order valence-corrected chi connectivity index (χ4v) is 2.20.